The van der Waals surface area contributed by atoms with Crippen molar-refractivity contribution in [1.29, 1.82) is 0 Å². The highest BCUT2D eigenvalue weighted by molar-refractivity contribution is 7.89. The second kappa shape index (κ2) is 4.87. The number of aryl methyl sites for hydroxylation is 1. The fourth-order valence-corrected chi connectivity index (χ4v) is 4.01. The van der Waals surface area contributed by atoms with E-state index in [1.165, 1.54) is 15.2 Å². The fourth-order valence-electron chi connectivity index (χ4n) is 2.14. The molecule has 0 aromatic carbocycles. The number of hydrogen-bond acceptors (Lipinski definition) is 5. The van der Waals surface area contributed by atoms with Crippen molar-refractivity contribution in [2.45, 2.75) is 24.4 Å². The van der Waals surface area contributed by atoms with E-state index >= 15 is 0 Å². The molecule has 1 fully saturated rings. The molecule has 2 heterocycles. The van der Waals surface area contributed by atoms with Crippen LogP contribution in [0.25, 0.3) is 0 Å². The molecule has 0 radical (unpaired) electrons. The van der Waals surface area contributed by atoms with Crippen LogP contribution in [0.2, 0.25) is 0 Å². The van der Waals surface area contributed by atoms with Crippen molar-refractivity contribution in [1.82, 2.24) is 13.9 Å². The van der Waals surface area contributed by atoms with Gasteiger partial charge < -0.3 is 15.0 Å². The first-order valence-corrected chi connectivity index (χ1v) is 7.28. The SMILES string of the molecule is CCC1COCCN1S(=O)(=O)c1c(N)ncn1C. The van der Waals surface area contributed by atoms with Crippen LogP contribution in [0.1, 0.15) is 13.3 Å². The van der Waals surface area contributed by atoms with E-state index in [1.54, 1.807) is 7.05 Å². The summed E-state index contributed by atoms with van der Waals surface area (Å²) in [7, 11) is -1.99. The Morgan fingerprint density at radius 1 is 1.61 bits per heavy atom. The third-order valence-corrected chi connectivity index (χ3v) is 5.19. The van der Waals surface area contributed by atoms with Crippen LogP contribution in [-0.4, -0.2) is 48.1 Å². The van der Waals surface area contributed by atoms with Crippen LogP contribution >= 0.6 is 0 Å². The number of morpholine rings is 1. The van der Waals surface area contributed by atoms with Gasteiger partial charge in [0.25, 0.3) is 10.0 Å². The molecule has 1 aliphatic rings. The molecule has 1 atom stereocenters. The molecule has 1 aliphatic heterocycles. The van der Waals surface area contributed by atoms with E-state index in [1.807, 2.05) is 6.92 Å². The van der Waals surface area contributed by atoms with Crippen LogP contribution in [0.4, 0.5) is 5.82 Å². The summed E-state index contributed by atoms with van der Waals surface area (Å²) >= 11 is 0. The number of aromatic nitrogens is 2. The first kappa shape index (κ1) is 13.3. The summed E-state index contributed by atoms with van der Waals surface area (Å²) < 4.78 is 33.4. The van der Waals surface area contributed by atoms with Gasteiger partial charge in [-0.3, -0.25) is 0 Å². The molecule has 0 bridgehead atoms. The molecule has 1 aromatic rings. The maximum absolute atomic E-state index is 12.6. The Labute approximate surface area is 107 Å². The summed E-state index contributed by atoms with van der Waals surface area (Å²) in [5.74, 6) is 0.0406. The minimum absolute atomic E-state index is 0.0406. The Hall–Kier alpha value is -1.12. The molecule has 18 heavy (non-hydrogen) atoms. The number of nitrogens with two attached hydrogens (primary N) is 1. The van der Waals surface area contributed by atoms with Gasteiger partial charge in [-0.15, -0.1) is 0 Å². The maximum atomic E-state index is 12.6. The van der Waals surface area contributed by atoms with Crippen LogP contribution in [0.15, 0.2) is 11.4 Å². The summed E-state index contributed by atoms with van der Waals surface area (Å²) in [6.45, 7) is 3.13. The number of imidazole rings is 1. The molecule has 7 nitrogen and oxygen atoms in total. The first-order valence-electron chi connectivity index (χ1n) is 5.84. The zero-order valence-electron chi connectivity index (χ0n) is 10.5. The van der Waals surface area contributed by atoms with Crippen molar-refractivity contribution >= 4 is 15.8 Å². The van der Waals surface area contributed by atoms with Crippen LogP contribution in [-0.2, 0) is 21.8 Å². The number of rotatable bonds is 3. The molecule has 102 valence electrons. The Morgan fingerprint density at radius 3 is 2.89 bits per heavy atom. The fraction of sp³-hybridized carbons (Fsp3) is 0.700. The molecular weight excluding hydrogens is 256 g/mol. The normalized spacial score (nSPS) is 22.2. The van der Waals surface area contributed by atoms with Crippen LogP contribution in [0, 0.1) is 0 Å². The number of nitrogens with zero attached hydrogens (tertiary/aromatic N) is 3. The second-order valence-corrected chi connectivity index (χ2v) is 6.10. The minimum Gasteiger partial charge on any atom is -0.381 e. The molecule has 1 saturated heterocycles. The lowest BCUT2D eigenvalue weighted by Crippen LogP contribution is -2.48. The predicted octanol–water partition coefficient (Wildman–Crippen LogP) is -0.198. The van der Waals surface area contributed by atoms with E-state index < -0.39 is 10.0 Å². The molecule has 2 rings (SSSR count). The van der Waals surface area contributed by atoms with E-state index in [9.17, 15) is 8.42 Å². The van der Waals surface area contributed by atoms with Crippen LogP contribution in [0.5, 0.6) is 0 Å². The number of anilines is 1. The number of ether oxygens (including phenoxy) is 1. The van der Waals surface area contributed by atoms with Gasteiger partial charge in [-0.05, 0) is 6.42 Å². The van der Waals surface area contributed by atoms with Crippen molar-refractivity contribution < 1.29 is 13.2 Å². The third-order valence-electron chi connectivity index (χ3n) is 3.11. The van der Waals surface area contributed by atoms with Gasteiger partial charge in [0.1, 0.15) is 0 Å². The van der Waals surface area contributed by atoms with E-state index in [-0.39, 0.29) is 16.9 Å². The quantitative estimate of drug-likeness (QED) is 0.824. The number of sulfonamides is 1. The van der Waals surface area contributed by atoms with E-state index in [0.29, 0.717) is 26.2 Å². The lowest BCUT2D eigenvalue weighted by molar-refractivity contribution is 0.0312. The Morgan fingerprint density at radius 2 is 2.33 bits per heavy atom. The van der Waals surface area contributed by atoms with Gasteiger partial charge >= 0.3 is 0 Å². The van der Waals surface area contributed by atoms with Gasteiger partial charge in [0.2, 0.25) is 0 Å². The average Bonchev–Trinajstić information content (AvgIpc) is 2.69. The molecular formula is C10H18N4O3S. The zero-order chi connectivity index (χ0) is 13.3. The highest BCUT2D eigenvalue weighted by Crippen LogP contribution is 2.24. The van der Waals surface area contributed by atoms with Crippen molar-refractivity contribution in [2.24, 2.45) is 7.05 Å². The van der Waals surface area contributed by atoms with Crippen molar-refractivity contribution in [2.75, 3.05) is 25.5 Å². The highest BCUT2D eigenvalue weighted by Gasteiger charge is 2.36. The molecule has 0 saturated carbocycles. The van der Waals surface area contributed by atoms with Crippen LogP contribution < -0.4 is 5.73 Å². The van der Waals surface area contributed by atoms with Gasteiger partial charge in [0.05, 0.1) is 19.5 Å². The minimum atomic E-state index is -3.61. The molecule has 1 aromatic heterocycles. The number of hydrogen-bond donors (Lipinski definition) is 1. The van der Waals surface area contributed by atoms with Gasteiger partial charge in [0, 0.05) is 19.6 Å². The van der Waals surface area contributed by atoms with E-state index in [2.05, 4.69) is 4.98 Å². The molecule has 0 spiro atoms. The molecule has 8 heteroatoms. The standard InChI is InChI=1S/C10H18N4O3S/c1-3-8-6-17-5-4-14(8)18(15,16)10-9(11)12-7-13(10)2/h7-8H,3-6,11H2,1-2H3. The average molecular weight is 274 g/mol. The largest absolute Gasteiger partial charge is 0.381 e. The smallest absolute Gasteiger partial charge is 0.262 e. The Kier molecular flexibility index (Phi) is 3.60. The topological polar surface area (TPSA) is 90.4 Å². The van der Waals surface area contributed by atoms with Gasteiger partial charge in [-0.25, -0.2) is 13.4 Å². The van der Waals surface area contributed by atoms with Crippen molar-refractivity contribution in [3.05, 3.63) is 6.33 Å². The summed E-state index contributed by atoms with van der Waals surface area (Å²) in [6.07, 6.45) is 2.11. The molecule has 2 N–H and O–H groups in total. The molecule has 0 amide bonds. The number of nitrogen functional groups attached to an aromatic ring is 1. The maximum Gasteiger partial charge on any atom is 0.262 e. The molecule has 1 unspecified atom stereocenters. The van der Waals surface area contributed by atoms with Gasteiger partial charge in [-0.1, -0.05) is 6.92 Å². The van der Waals surface area contributed by atoms with E-state index in [4.69, 9.17) is 10.5 Å². The van der Waals surface area contributed by atoms with Crippen molar-refractivity contribution in [3.8, 4) is 0 Å². The first-order chi connectivity index (χ1) is 8.48. The Bertz CT molecular complexity index is 506. The highest BCUT2D eigenvalue weighted by atomic mass is 32.2. The van der Waals surface area contributed by atoms with Gasteiger partial charge in [-0.2, -0.15) is 4.31 Å². The van der Waals surface area contributed by atoms with Crippen LogP contribution in [0.3, 0.4) is 0 Å². The summed E-state index contributed by atoms with van der Waals surface area (Å²) in [6, 6.07) is -0.141. The Balaban J connectivity index is 2.41. The van der Waals surface area contributed by atoms with Crippen molar-refractivity contribution in [3.63, 3.8) is 0 Å². The lowest BCUT2D eigenvalue weighted by atomic mass is 10.2. The molecule has 0 aliphatic carbocycles. The third kappa shape index (κ3) is 2.11. The summed E-state index contributed by atoms with van der Waals surface area (Å²) in [5.41, 5.74) is 5.65. The summed E-state index contributed by atoms with van der Waals surface area (Å²) in [5, 5.41) is 0.0582. The summed E-state index contributed by atoms with van der Waals surface area (Å²) in [4.78, 5) is 3.83. The lowest BCUT2D eigenvalue weighted by Gasteiger charge is -2.33. The van der Waals surface area contributed by atoms with E-state index in [0.717, 1.165) is 0 Å². The second-order valence-electron chi connectivity index (χ2n) is 4.30. The van der Waals surface area contributed by atoms with Gasteiger partial charge in [0.15, 0.2) is 10.8 Å². The zero-order valence-corrected chi connectivity index (χ0v) is 11.4. The monoisotopic (exact) mass is 274 g/mol. The predicted molar refractivity (Wildman–Crippen MR) is 66.4 cm³/mol.